The monoisotopic (exact) mass is 438 g/mol. The Balaban J connectivity index is 1.64. The molecule has 2 amide bonds. The van der Waals surface area contributed by atoms with Gasteiger partial charge in [0.05, 0.1) is 30.0 Å². The van der Waals surface area contributed by atoms with Gasteiger partial charge in [-0.25, -0.2) is 4.79 Å². The number of anilines is 2. The molecule has 2 aromatic carbocycles. The molecule has 2 N–H and O–H groups in total. The van der Waals surface area contributed by atoms with E-state index >= 15 is 0 Å². The summed E-state index contributed by atoms with van der Waals surface area (Å²) in [6.07, 6.45) is 0.543. The van der Waals surface area contributed by atoms with Crippen molar-refractivity contribution in [1.82, 2.24) is 10.2 Å². The van der Waals surface area contributed by atoms with Crippen molar-refractivity contribution in [2.75, 3.05) is 24.9 Å². The van der Waals surface area contributed by atoms with Gasteiger partial charge in [0.1, 0.15) is 5.01 Å². The molecule has 0 saturated carbocycles. The molecule has 3 aromatic rings. The van der Waals surface area contributed by atoms with E-state index in [1.54, 1.807) is 32.4 Å². The average Bonchev–Trinajstić information content (AvgIpc) is 3.11. The quantitative estimate of drug-likeness (QED) is 0.559. The third-order valence-corrected chi connectivity index (χ3v) is 5.35. The maximum absolute atomic E-state index is 12.2. The molecule has 10 heteroatoms. The topological polar surface area (TPSA) is 85.4 Å². The third-order valence-electron chi connectivity index (χ3n) is 3.69. The first-order chi connectivity index (χ1) is 13.5. The summed E-state index contributed by atoms with van der Waals surface area (Å²) in [5.74, 6) is 1.29. The fourth-order valence-electron chi connectivity index (χ4n) is 2.39. The molecule has 28 heavy (non-hydrogen) atoms. The van der Waals surface area contributed by atoms with Crippen molar-refractivity contribution in [1.29, 1.82) is 0 Å². The Morgan fingerprint density at radius 1 is 1.07 bits per heavy atom. The lowest BCUT2D eigenvalue weighted by molar-refractivity contribution is 0.262. The molecule has 0 atom stereocenters. The van der Waals surface area contributed by atoms with E-state index in [1.165, 1.54) is 11.3 Å². The molecule has 1 heterocycles. The molecule has 0 bridgehead atoms. The minimum atomic E-state index is -0.488. The highest BCUT2D eigenvalue weighted by Gasteiger charge is 2.12. The highest BCUT2D eigenvalue weighted by atomic mass is 35.5. The van der Waals surface area contributed by atoms with Crippen molar-refractivity contribution in [2.45, 2.75) is 6.42 Å². The van der Waals surface area contributed by atoms with E-state index in [2.05, 4.69) is 20.8 Å². The predicted molar refractivity (Wildman–Crippen MR) is 111 cm³/mol. The van der Waals surface area contributed by atoms with Crippen LogP contribution in [0, 0.1) is 0 Å². The minimum absolute atomic E-state index is 0.269. The van der Waals surface area contributed by atoms with Crippen molar-refractivity contribution in [2.24, 2.45) is 0 Å². The number of halogens is 2. The zero-order chi connectivity index (χ0) is 20.1. The fourth-order valence-corrected chi connectivity index (χ4v) is 3.51. The Morgan fingerprint density at radius 2 is 1.86 bits per heavy atom. The number of carbonyl (C=O) groups excluding carboxylic acids is 1. The second-order valence-electron chi connectivity index (χ2n) is 5.55. The standard InChI is InChI=1S/C18H16Cl2N4O3S/c1-26-13-7-6-10(8-14(13)27-2)9-15-23-24-18(28-15)22-17(25)21-12-5-3-4-11(19)16(12)20/h3-8H,9H2,1-2H3,(H2,21,22,24,25). The number of amides is 2. The number of nitrogens with one attached hydrogen (secondary N) is 2. The van der Waals surface area contributed by atoms with Gasteiger partial charge in [0.15, 0.2) is 11.5 Å². The molecule has 7 nitrogen and oxygen atoms in total. The molecule has 3 rings (SSSR count). The third kappa shape index (κ3) is 4.83. The van der Waals surface area contributed by atoms with Crippen LogP contribution >= 0.6 is 34.5 Å². The van der Waals surface area contributed by atoms with Gasteiger partial charge in [-0.2, -0.15) is 0 Å². The first kappa shape index (κ1) is 20.2. The second-order valence-corrected chi connectivity index (χ2v) is 7.39. The second kappa shape index (κ2) is 9.09. The summed E-state index contributed by atoms with van der Waals surface area (Å²) in [5, 5.41) is 15.1. The predicted octanol–water partition coefficient (Wildman–Crippen LogP) is 5.10. The normalized spacial score (nSPS) is 10.4. The molecule has 1 aromatic heterocycles. The van der Waals surface area contributed by atoms with Gasteiger partial charge in [-0.3, -0.25) is 5.32 Å². The van der Waals surface area contributed by atoms with Gasteiger partial charge in [-0.05, 0) is 29.8 Å². The fraction of sp³-hybridized carbons (Fsp3) is 0.167. The summed E-state index contributed by atoms with van der Waals surface area (Å²) in [7, 11) is 3.17. The van der Waals surface area contributed by atoms with Crippen LogP contribution in [0.15, 0.2) is 36.4 Å². The first-order valence-electron chi connectivity index (χ1n) is 8.05. The van der Waals surface area contributed by atoms with Crippen LogP contribution in [-0.2, 0) is 6.42 Å². The Morgan fingerprint density at radius 3 is 2.61 bits per heavy atom. The van der Waals surface area contributed by atoms with E-state index in [0.717, 1.165) is 10.6 Å². The van der Waals surface area contributed by atoms with E-state index in [-0.39, 0.29) is 5.02 Å². The number of aromatic nitrogens is 2. The minimum Gasteiger partial charge on any atom is -0.493 e. The molecule has 0 radical (unpaired) electrons. The Hall–Kier alpha value is -2.55. The highest BCUT2D eigenvalue weighted by molar-refractivity contribution is 7.15. The van der Waals surface area contributed by atoms with Gasteiger partial charge >= 0.3 is 6.03 Å². The SMILES string of the molecule is COc1ccc(Cc2nnc(NC(=O)Nc3cccc(Cl)c3Cl)s2)cc1OC. The summed E-state index contributed by atoms with van der Waals surface area (Å²) < 4.78 is 10.5. The van der Waals surface area contributed by atoms with E-state index in [9.17, 15) is 4.79 Å². The van der Waals surface area contributed by atoms with Gasteiger partial charge in [-0.15, -0.1) is 10.2 Å². The smallest absolute Gasteiger partial charge is 0.325 e. The van der Waals surface area contributed by atoms with Crippen molar-refractivity contribution < 1.29 is 14.3 Å². The number of ether oxygens (including phenoxy) is 2. The molecule has 0 aliphatic carbocycles. The maximum Gasteiger partial charge on any atom is 0.325 e. The van der Waals surface area contributed by atoms with Crippen molar-refractivity contribution >= 4 is 51.4 Å². The van der Waals surface area contributed by atoms with E-state index in [0.29, 0.717) is 33.8 Å². The van der Waals surface area contributed by atoms with Crippen LogP contribution in [0.5, 0.6) is 11.5 Å². The molecule has 0 fully saturated rings. The van der Waals surface area contributed by atoms with Crippen LogP contribution in [0.2, 0.25) is 10.0 Å². The molecular weight excluding hydrogens is 423 g/mol. The molecule has 0 saturated heterocycles. The lowest BCUT2D eigenvalue weighted by Gasteiger charge is -2.08. The maximum atomic E-state index is 12.2. The van der Waals surface area contributed by atoms with Gasteiger partial charge in [0, 0.05) is 6.42 Å². The molecule has 0 aliphatic rings. The molecule has 146 valence electrons. The number of urea groups is 1. The summed E-state index contributed by atoms with van der Waals surface area (Å²) in [5.41, 5.74) is 1.39. The van der Waals surface area contributed by atoms with Gasteiger partial charge < -0.3 is 14.8 Å². The number of hydrogen-bond acceptors (Lipinski definition) is 6. The van der Waals surface area contributed by atoms with E-state index in [1.807, 2.05) is 18.2 Å². The van der Waals surface area contributed by atoms with Crippen LogP contribution < -0.4 is 20.1 Å². The summed E-state index contributed by atoms with van der Waals surface area (Å²) in [6.45, 7) is 0. The summed E-state index contributed by atoms with van der Waals surface area (Å²) in [4.78, 5) is 12.2. The zero-order valence-corrected chi connectivity index (χ0v) is 17.3. The van der Waals surface area contributed by atoms with E-state index < -0.39 is 6.03 Å². The van der Waals surface area contributed by atoms with Crippen LogP contribution in [0.3, 0.4) is 0 Å². The van der Waals surface area contributed by atoms with Gasteiger partial charge in [0.25, 0.3) is 0 Å². The van der Waals surface area contributed by atoms with Gasteiger partial charge in [-0.1, -0.05) is 46.7 Å². The number of carbonyl (C=O) groups is 1. The van der Waals surface area contributed by atoms with E-state index in [4.69, 9.17) is 32.7 Å². The number of benzene rings is 2. The molecular formula is C18H16Cl2N4O3S. The largest absolute Gasteiger partial charge is 0.493 e. The average molecular weight is 439 g/mol. The van der Waals surface area contributed by atoms with Gasteiger partial charge in [0.2, 0.25) is 5.13 Å². The van der Waals surface area contributed by atoms with Crippen molar-refractivity contribution in [3.63, 3.8) is 0 Å². The molecule has 0 aliphatic heterocycles. The van der Waals surface area contributed by atoms with Crippen LogP contribution in [0.25, 0.3) is 0 Å². The highest BCUT2D eigenvalue weighted by Crippen LogP contribution is 2.30. The number of nitrogens with zero attached hydrogens (tertiary/aromatic N) is 2. The first-order valence-corrected chi connectivity index (χ1v) is 9.62. The van der Waals surface area contributed by atoms with Crippen LogP contribution in [0.4, 0.5) is 15.6 Å². The van der Waals surface area contributed by atoms with Crippen molar-refractivity contribution in [3.8, 4) is 11.5 Å². The van der Waals surface area contributed by atoms with Crippen molar-refractivity contribution in [3.05, 3.63) is 57.0 Å². The Labute approximate surface area is 175 Å². The lowest BCUT2D eigenvalue weighted by Crippen LogP contribution is -2.19. The summed E-state index contributed by atoms with van der Waals surface area (Å²) in [6, 6.07) is 10.1. The lowest BCUT2D eigenvalue weighted by atomic mass is 10.1. The van der Waals surface area contributed by atoms with Crippen LogP contribution in [-0.4, -0.2) is 30.4 Å². The zero-order valence-electron chi connectivity index (χ0n) is 15.0. The molecule has 0 unspecified atom stereocenters. The molecule has 0 spiro atoms. The number of methoxy groups -OCH3 is 2. The number of rotatable bonds is 6. The van der Waals surface area contributed by atoms with Crippen LogP contribution in [0.1, 0.15) is 10.6 Å². The summed E-state index contributed by atoms with van der Waals surface area (Å²) >= 11 is 13.3. The number of hydrogen-bond donors (Lipinski definition) is 2. The Kier molecular flexibility index (Phi) is 6.56. The Bertz CT molecular complexity index is 997.